The van der Waals surface area contributed by atoms with E-state index in [2.05, 4.69) is 41.9 Å². The highest BCUT2D eigenvalue weighted by atomic mass is 79.9. The quantitative estimate of drug-likeness (QED) is 0.602. The highest BCUT2D eigenvalue weighted by Gasteiger charge is 2.26. The van der Waals surface area contributed by atoms with E-state index < -0.39 is 17.9 Å². The summed E-state index contributed by atoms with van der Waals surface area (Å²) in [5.74, 6) is -1.94. The number of aromatic nitrogens is 4. The van der Waals surface area contributed by atoms with Gasteiger partial charge in [0.1, 0.15) is 0 Å². The summed E-state index contributed by atoms with van der Waals surface area (Å²) in [5.41, 5.74) is 2.10. The number of aliphatic carboxylic acids is 1. The van der Waals surface area contributed by atoms with E-state index in [1.165, 1.54) is 0 Å². The predicted molar refractivity (Wildman–Crippen MR) is 91.6 cm³/mol. The van der Waals surface area contributed by atoms with Crippen molar-refractivity contribution in [2.45, 2.75) is 6.04 Å². The van der Waals surface area contributed by atoms with Gasteiger partial charge in [0.25, 0.3) is 5.91 Å². The number of benzene rings is 2. The predicted octanol–water partition coefficient (Wildman–Crippen LogP) is 2.18. The summed E-state index contributed by atoms with van der Waals surface area (Å²) in [5, 5.41) is 24.3. The highest BCUT2D eigenvalue weighted by Crippen LogP contribution is 2.23. The number of hydrogen-bond acceptors (Lipinski definition) is 5. The smallest absolute Gasteiger partial charge is 0.334 e. The molecule has 9 heteroatoms. The summed E-state index contributed by atoms with van der Waals surface area (Å²) in [4.78, 5) is 23.8. The lowest BCUT2D eigenvalue weighted by Crippen LogP contribution is -2.34. The molecule has 1 atom stereocenters. The molecule has 8 nitrogen and oxygen atoms in total. The normalized spacial score (nSPS) is 11.7. The number of carbonyl (C=O) groups is 2. The maximum Gasteiger partial charge on any atom is 0.334 e. The summed E-state index contributed by atoms with van der Waals surface area (Å²) in [7, 11) is 0. The minimum Gasteiger partial charge on any atom is -0.479 e. The summed E-state index contributed by atoms with van der Waals surface area (Å²) in [6.07, 6.45) is 0. The van der Waals surface area contributed by atoms with E-state index in [4.69, 9.17) is 0 Å². The Morgan fingerprint density at radius 1 is 1.12 bits per heavy atom. The second kappa shape index (κ2) is 7.22. The number of nitrogens with one attached hydrogen (secondary N) is 2. The molecule has 1 amide bonds. The Hall–Kier alpha value is -3.07. The lowest BCUT2D eigenvalue weighted by molar-refractivity contribution is -0.139. The van der Waals surface area contributed by atoms with Crippen LogP contribution < -0.4 is 5.32 Å². The number of tetrazole rings is 1. The first-order valence-corrected chi connectivity index (χ1v) is 7.97. The number of rotatable bonds is 5. The van der Waals surface area contributed by atoms with Gasteiger partial charge < -0.3 is 10.4 Å². The fraction of sp³-hybridized carbons (Fsp3) is 0.0625. The van der Waals surface area contributed by atoms with E-state index in [0.717, 1.165) is 15.6 Å². The lowest BCUT2D eigenvalue weighted by atomic mass is 10.0. The van der Waals surface area contributed by atoms with E-state index in [1.54, 1.807) is 18.2 Å². The van der Waals surface area contributed by atoms with Crippen molar-refractivity contribution < 1.29 is 14.7 Å². The van der Waals surface area contributed by atoms with Gasteiger partial charge in [0, 0.05) is 10.0 Å². The zero-order valence-electron chi connectivity index (χ0n) is 12.7. The number of halogens is 1. The maximum atomic E-state index is 12.4. The first-order chi connectivity index (χ1) is 12.0. The van der Waals surface area contributed by atoms with Crippen LogP contribution >= 0.6 is 15.9 Å². The van der Waals surface area contributed by atoms with Gasteiger partial charge in [0.15, 0.2) is 6.04 Å². The molecule has 0 bridgehead atoms. The van der Waals surface area contributed by atoms with E-state index in [-0.39, 0.29) is 5.82 Å². The molecular formula is C16H12BrN5O3. The van der Waals surface area contributed by atoms with Gasteiger partial charge in [0.05, 0.1) is 0 Å². The maximum absolute atomic E-state index is 12.4. The van der Waals surface area contributed by atoms with E-state index in [1.807, 2.05) is 30.3 Å². The van der Waals surface area contributed by atoms with E-state index >= 15 is 0 Å². The van der Waals surface area contributed by atoms with Crippen LogP contribution in [0.3, 0.4) is 0 Å². The van der Waals surface area contributed by atoms with Crippen molar-refractivity contribution in [2.75, 3.05) is 0 Å². The number of carboxylic acid groups (broad SMARTS) is 1. The Morgan fingerprint density at radius 3 is 2.52 bits per heavy atom. The lowest BCUT2D eigenvalue weighted by Gasteiger charge is -2.11. The Bertz CT molecular complexity index is 896. The van der Waals surface area contributed by atoms with Gasteiger partial charge in [-0.15, -0.1) is 10.2 Å². The van der Waals surface area contributed by atoms with Crippen LogP contribution in [0.5, 0.6) is 0 Å². The molecular weight excluding hydrogens is 390 g/mol. The molecule has 0 aliphatic carbocycles. The van der Waals surface area contributed by atoms with E-state index in [0.29, 0.717) is 5.56 Å². The fourth-order valence-corrected chi connectivity index (χ4v) is 2.49. The molecule has 3 N–H and O–H groups in total. The minimum absolute atomic E-state index is 0.120. The number of H-pyrrole nitrogens is 1. The van der Waals surface area contributed by atoms with Gasteiger partial charge in [-0.05, 0) is 35.4 Å². The fourth-order valence-electron chi connectivity index (χ4n) is 2.23. The Balaban J connectivity index is 1.84. The standard InChI is InChI=1S/C16H12BrN5O3/c17-12-6-4-9(5-7-12)10-2-1-3-11(8-10)15(23)18-13(16(24)25)14-19-21-22-20-14/h1-8,13H,(H,18,23)(H,24,25)(H,19,20,21,22). The van der Waals surface area contributed by atoms with Crippen LogP contribution in [0.2, 0.25) is 0 Å². The van der Waals surface area contributed by atoms with Gasteiger partial charge in [0.2, 0.25) is 5.82 Å². The van der Waals surface area contributed by atoms with Crippen molar-refractivity contribution in [1.29, 1.82) is 0 Å². The van der Waals surface area contributed by atoms with Gasteiger partial charge >= 0.3 is 5.97 Å². The monoisotopic (exact) mass is 401 g/mol. The van der Waals surface area contributed by atoms with Crippen molar-refractivity contribution in [3.05, 3.63) is 64.4 Å². The van der Waals surface area contributed by atoms with Gasteiger partial charge in [-0.25, -0.2) is 4.79 Å². The summed E-state index contributed by atoms with van der Waals surface area (Å²) < 4.78 is 0.953. The molecule has 3 rings (SSSR count). The largest absolute Gasteiger partial charge is 0.479 e. The number of carbonyl (C=O) groups excluding carboxylic acids is 1. The third kappa shape index (κ3) is 3.89. The second-order valence-electron chi connectivity index (χ2n) is 5.10. The molecule has 0 aliphatic heterocycles. The van der Waals surface area contributed by atoms with Crippen molar-refractivity contribution in [2.24, 2.45) is 0 Å². The summed E-state index contributed by atoms with van der Waals surface area (Å²) in [6.45, 7) is 0. The molecule has 1 heterocycles. The van der Waals surface area contributed by atoms with Crippen molar-refractivity contribution >= 4 is 27.8 Å². The van der Waals surface area contributed by atoms with Crippen LogP contribution in [0.25, 0.3) is 11.1 Å². The number of nitrogens with zero attached hydrogens (tertiary/aromatic N) is 3. The number of hydrogen-bond donors (Lipinski definition) is 3. The zero-order valence-corrected chi connectivity index (χ0v) is 14.3. The Labute approximate surface area is 150 Å². The van der Waals surface area contributed by atoms with Crippen LogP contribution in [-0.4, -0.2) is 37.6 Å². The summed E-state index contributed by atoms with van der Waals surface area (Å²) >= 11 is 3.38. The van der Waals surface area contributed by atoms with Gasteiger partial charge in [-0.2, -0.15) is 5.21 Å². The molecule has 1 aromatic heterocycles. The van der Waals surface area contributed by atoms with Crippen molar-refractivity contribution in [3.63, 3.8) is 0 Å². The molecule has 0 radical (unpaired) electrons. The summed E-state index contributed by atoms with van der Waals surface area (Å²) in [6, 6.07) is 13.1. The molecule has 2 aromatic carbocycles. The zero-order chi connectivity index (χ0) is 17.8. The Kier molecular flexibility index (Phi) is 4.85. The molecule has 0 saturated carbocycles. The molecule has 1 unspecified atom stereocenters. The second-order valence-corrected chi connectivity index (χ2v) is 6.02. The third-order valence-corrected chi connectivity index (χ3v) is 3.97. The Morgan fingerprint density at radius 2 is 1.88 bits per heavy atom. The molecule has 0 spiro atoms. The topological polar surface area (TPSA) is 121 Å². The molecule has 25 heavy (non-hydrogen) atoms. The van der Waals surface area contributed by atoms with Crippen molar-refractivity contribution in [3.8, 4) is 11.1 Å². The molecule has 126 valence electrons. The number of amides is 1. The van der Waals surface area contributed by atoms with Crippen LogP contribution in [0.4, 0.5) is 0 Å². The number of aromatic amines is 1. The van der Waals surface area contributed by atoms with Gasteiger partial charge in [-0.1, -0.05) is 45.4 Å². The third-order valence-electron chi connectivity index (χ3n) is 3.44. The molecule has 3 aromatic rings. The SMILES string of the molecule is O=C(NC(C(=O)O)c1nn[nH]n1)c1cccc(-c2ccc(Br)cc2)c1. The number of carboxylic acids is 1. The molecule has 0 aliphatic rings. The first-order valence-electron chi connectivity index (χ1n) is 7.17. The first kappa shape index (κ1) is 16.8. The van der Waals surface area contributed by atoms with Gasteiger partial charge in [-0.3, -0.25) is 4.79 Å². The minimum atomic E-state index is -1.39. The molecule has 0 fully saturated rings. The van der Waals surface area contributed by atoms with Crippen molar-refractivity contribution in [1.82, 2.24) is 25.9 Å². The molecule has 0 saturated heterocycles. The van der Waals surface area contributed by atoms with Crippen LogP contribution in [-0.2, 0) is 4.79 Å². The average Bonchev–Trinajstić information content (AvgIpc) is 3.14. The van der Waals surface area contributed by atoms with E-state index in [9.17, 15) is 14.7 Å². The average molecular weight is 402 g/mol. The van der Waals surface area contributed by atoms with Crippen LogP contribution in [0, 0.1) is 0 Å². The van der Waals surface area contributed by atoms with Crippen LogP contribution in [0.15, 0.2) is 53.0 Å². The highest BCUT2D eigenvalue weighted by molar-refractivity contribution is 9.10. The van der Waals surface area contributed by atoms with Crippen LogP contribution in [0.1, 0.15) is 22.2 Å².